The molecule has 78 valence electrons. The highest BCUT2D eigenvalue weighted by Gasteiger charge is 2.11. The molecule has 1 aromatic heterocycles. The van der Waals surface area contributed by atoms with Crippen LogP contribution in [-0.4, -0.2) is 22.6 Å². The van der Waals surface area contributed by atoms with E-state index in [-0.39, 0.29) is 0 Å². The molecule has 3 N–H and O–H groups in total. The predicted molar refractivity (Wildman–Crippen MR) is 59.3 cm³/mol. The van der Waals surface area contributed by atoms with Crippen LogP contribution >= 0.6 is 11.3 Å². The smallest absolute Gasteiger partial charge is 0.337 e. The molecule has 2 rings (SSSR count). The molecule has 0 saturated heterocycles. The molecule has 0 bridgehead atoms. The third kappa shape index (κ3) is 1.84. The number of carbonyl (C=O) groups is 1. The van der Waals surface area contributed by atoms with Crippen LogP contribution < -0.4 is 5.73 Å². The molecule has 0 atom stereocenters. The van der Waals surface area contributed by atoms with E-state index in [0.29, 0.717) is 18.5 Å². The third-order valence-corrected chi connectivity index (χ3v) is 3.21. The largest absolute Gasteiger partial charge is 0.478 e. The Morgan fingerprint density at radius 1 is 1.53 bits per heavy atom. The van der Waals surface area contributed by atoms with Gasteiger partial charge in [-0.05, 0) is 18.7 Å². The van der Waals surface area contributed by atoms with Gasteiger partial charge in [0.2, 0.25) is 0 Å². The van der Waals surface area contributed by atoms with Crippen molar-refractivity contribution >= 4 is 27.5 Å². The van der Waals surface area contributed by atoms with Crippen LogP contribution in [0.5, 0.6) is 0 Å². The Morgan fingerprint density at radius 2 is 2.33 bits per heavy atom. The second-order valence-electron chi connectivity index (χ2n) is 3.11. The van der Waals surface area contributed by atoms with E-state index in [1.54, 1.807) is 12.1 Å². The van der Waals surface area contributed by atoms with Crippen LogP contribution in [0, 0.1) is 0 Å². The average Bonchev–Trinajstić information content (AvgIpc) is 2.59. The van der Waals surface area contributed by atoms with Crippen molar-refractivity contribution in [3.05, 3.63) is 28.8 Å². The lowest BCUT2D eigenvalue weighted by Crippen LogP contribution is -2.01. The Hall–Kier alpha value is -1.46. The molecule has 1 aromatic carbocycles. The fourth-order valence-electron chi connectivity index (χ4n) is 1.39. The predicted octanol–water partition coefficient (Wildman–Crippen LogP) is 1.50. The van der Waals surface area contributed by atoms with Crippen molar-refractivity contribution < 1.29 is 9.90 Å². The van der Waals surface area contributed by atoms with Crippen LogP contribution in [-0.2, 0) is 6.42 Å². The normalized spacial score (nSPS) is 10.7. The van der Waals surface area contributed by atoms with Gasteiger partial charge in [-0.1, -0.05) is 6.07 Å². The molecule has 0 aliphatic rings. The molecule has 4 nitrogen and oxygen atoms in total. The highest BCUT2D eigenvalue weighted by molar-refractivity contribution is 7.19. The van der Waals surface area contributed by atoms with Gasteiger partial charge in [0.25, 0.3) is 0 Å². The zero-order valence-electron chi connectivity index (χ0n) is 7.93. The van der Waals surface area contributed by atoms with Gasteiger partial charge in [0.05, 0.1) is 20.8 Å². The fraction of sp³-hybridized carbons (Fsp3) is 0.200. The monoisotopic (exact) mass is 222 g/mol. The fourth-order valence-corrected chi connectivity index (χ4v) is 2.48. The quantitative estimate of drug-likeness (QED) is 0.825. The number of nitrogens with zero attached hydrogens (tertiary/aromatic N) is 1. The lowest BCUT2D eigenvalue weighted by atomic mass is 10.2. The summed E-state index contributed by atoms with van der Waals surface area (Å²) >= 11 is 1.40. The number of thiazole rings is 1. The lowest BCUT2D eigenvalue weighted by molar-refractivity contribution is 0.0699. The number of aromatic nitrogens is 1. The van der Waals surface area contributed by atoms with Gasteiger partial charge < -0.3 is 10.8 Å². The zero-order chi connectivity index (χ0) is 10.8. The number of aromatic carboxylic acids is 1. The second-order valence-corrected chi connectivity index (χ2v) is 4.19. The topological polar surface area (TPSA) is 76.2 Å². The summed E-state index contributed by atoms with van der Waals surface area (Å²) in [5, 5.41) is 9.87. The maximum absolute atomic E-state index is 10.9. The summed E-state index contributed by atoms with van der Waals surface area (Å²) in [4.78, 5) is 15.3. The van der Waals surface area contributed by atoms with Crippen LogP contribution in [0.1, 0.15) is 15.4 Å². The molecule has 0 spiro atoms. The van der Waals surface area contributed by atoms with E-state index >= 15 is 0 Å². The van der Waals surface area contributed by atoms with Gasteiger partial charge in [0.15, 0.2) is 0 Å². The van der Waals surface area contributed by atoms with E-state index in [1.807, 2.05) is 6.07 Å². The SMILES string of the molecule is NCCc1nc2cccc(C(=O)O)c2s1. The van der Waals surface area contributed by atoms with Crippen molar-refractivity contribution in [3.63, 3.8) is 0 Å². The van der Waals surface area contributed by atoms with Gasteiger partial charge in [-0.2, -0.15) is 0 Å². The van der Waals surface area contributed by atoms with E-state index in [0.717, 1.165) is 15.2 Å². The summed E-state index contributed by atoms with van der Waals surface area (Å²) in [5.74, 6) is -0.913. The van der Waals surface area contributed by atoms with Crippen molar-refractivity contribution in [2.75, 3.05) is 6.54 Å². The van der Waals surface area contributed by atoms with E-state index in [2.05, 4.69) is 4.98 Å². The second kappa shape index (κ2) is 3.96. The molecule has 5 heteroatoms. The molecule has 0 saturated carbocycles. The van der Waals surface area contributed by atoms with Gasteiger partial charge in [-0.15, -0.1) is 11.3 Å². The maximum Gasteiger partial charge on any atom is 0.337 e. The number of benzene rings is 1. The van der Waals surface area contributed by atoms with Gasteiger partial charge >= 0.3 is 5.97 Å². The third-order valence-electron chi connectivity index (χ3n) is 2.05. The molecule has 0 radical (unpaired) electrons. The van der Waals surface area contributed by atoms with Crippen LogP contribution in [0.4, 0.5) is 0 Å². The van der Waals surface area contributed by atoms with Gasteiger partial charge in [0, 0.05) is 6.42 Å². The minimum Gasteiger partial charge on any atom is -0.478 e. The molecular weight excluding hydrogens is 212 g/mol. The average molecular weight is 222 g/mol. The first kappa shape index (κ1) is 10.1. The minimum atomic E-state index is -0.913. The van der Waals surface area contributed by atoms with Gasteiger partial charge in [0.1, 0.15) is 0 Å². The number of nitrogens with two attached hydrogens (primary N) is 1. The van der Waals surface area contributed by atoms with Crippen molar-refractivity contribution in [2.45, 2.75) is 6.42 Å². The molecule has 0 amide bonds. The van der Waals surface area contributed by atoms with Crippen LogP contribution in [0.25, 0.3) is 10.2 Å². The molecule has 0 unspecified atom stereocenters. The van der Waals surface area contributed by atoms with Crippen LogP contribution in [0.3, 0.4) is 0 Å². The Kier molecular flexibility index (Phi) is 2.66. The molecular formula is C10H10N2O2S. The number of hydrogen-bond donors (Lipinski definition) is 2. The number of carboxylic acids is 1. The summed E-state index contributed by atoms with van der Waals surface area (Å²) in [6.07, 6.45) is 0.693. The van der Waals surface area contributed by atoms with E-state index in [9.17, 15) is 4.79 Å². The van der Waals surface area contributed by atoms with E-state index in [4.69, 9.17) is 10.8 Å². The van der Waals surface area contributed by atoms with Crippen molar-refractivity contribution in [1.82, 2.24) is 4.98 Å². The molecule has 2 aromatic rings. The first-order valence-corrected chi connectivity index (χ1v) is 5.36. The van der Waals surface area contributed by atoms with Gasteiger partial charge in [-0.3, -0.25) is 0 Å². The Balaban J connectivity index is 2.59. The van der Waals surface area contributed by atoms with E-state index < -0.39 is 5.97 Å². The number of fused-ring (bicyclic) bond motifs is 1. The lowest BCUT2D eigenvalue weighted by Gasteiger charge is -1.93. The minimum absolute atomic E-state index is 0.313. The highest BCUT2D eigenvalue weighted by Crippen LogP contribution is 2.25. The molecule has 0 fully saturated rings. The summed E-state index contributed by atoms with van der Waals surface area (Å²) in [6.45, 7) is 0.530. The number of rotatable bonds is 3. The zero-order valence-corrected chi connectivity index (χ0v) is 8.75. The van der Waals surface area contributed by atoms with Gasteiger partial charge in [-0.25, -0.2) is 9.78 Å². The highest BCUT2D eigenvalue weighted by atomic mass is 32.1. The number of hydrogen-bond acceptors (Lipinski definition) is 4. The maximum atomic E-state index is 10.9. The molecule has 15 heavy (non-hydrogen) atoms. The van der Waals surface area contributed by atoms with Crippen molar-refractivity contribution in [3.8, 4) is 0 Å². The summed E-state index contributed by atoms with van der Waals surface area (Å²) in [6, 6.07) is 5.12. The first-order chi connectivity index (χ1) is 7.22. The summed E-state index contributed by atoms with van der Waals surface area (Å²) in [5.41, 5.74) is 6.48. The standard InChI is InChI=1S/C10H10N2O2S/c11-5-4-8-12-7-3-1-2-6(10(13)14)9(7)15-8/h1-3H,4-5,11H2,(H,13,14). The summed E-state index contributed by atoms with van der Waals surface area (Å²) < 4.78 is 0.730. The van der Waals surface area contributed by atoms with Crippen molar-refractivity contribution in [1.29, 1.82) is 0 Å². The van der Waals surface area contributed by atoms with Crippen LogP contribution in [0.2, 0.25) is 0 Å². The molecule has 0 aliphatic carbocycles. The Bertz CT molecular complexity index is 507. The van der Waals surface area contributed by atoms with E-state index in [1.165, 1.54) is 11.3 Å². The first-order valence-electron chi connectivity index (χ1n) is 4.54. The molecule has 1 heterocycles. The van der Waals surface area contributed by atoms with Crippen LogP contribution in [0.15, 0.2) is 18.2 Å². The van der Waals surface area contributed by atoms with Crippen molar-refractivity contribution in [2.24, 2.45) is 5.73 Å². The Morgan fingerprint density at radius 3 is 3.00 bits per heavy atom. The number of carboxylic acid groups (broad SMARTS) is 1. The molecule has 0 aliphatic heterocycles. The Labute approximate surface area is 90.4 Å². The summed E-state index contributed by atoms with van der Waals surface area (Å²) in [7, 11) is 0.